The number of rotatable bonds is 7. The van der Waals surface area contributed by atoms with Crippen LogP contribution in [0.1, 0.15) is 30.1 Å². The highest BCUT2D eigenvalue weighted by Gasteiger charge is 2.11. The Bertz CT molecular complexity index is 462. The number of carbonyl (C=O) groups excluding carboxylic acids is 1. The lowest BCUT2D eigenvalue weighted by Gasteiger charge is -2.06. The molecule has 0 bridgehead atoms. The van der Waals surface area contributed by atoms with E-state index >= 15 is 0 Å². The van der Waals surface area contributed by atoms with Gasteiger partial charge in [-0.1, -0.05) is 6.92 Å². The average Bonchev–Trinajstić information content (AvgIpc) is 2.34. The number of amides is 1. The number of carboxylic acids is 1. The molecule has 1 aromatic carbocycles. The fourth-order valence-corrected chi connectivity index (χ4v) is 1.40. The van der Waals surface area contributed by atoms with E-state index in [4.69, 9.17) is 9.84 Å². The maximum Gasteiger partial charge on any atom is 0.338 e. The molecule has 0 fully saturated rings. The molecule has 0 aliphatic carbocycles. The summed E-state index contributed by atoms with van der Waals surface area (Å²) in [5, 5.41) is 11.1. The Morgan fingerprint density at radius 3 is 2.68 bits per heavy atom. The van der Waals surface area contributed by atoms with Crippen molar-refractivity contribution in [3.8, 4) is 0 Å². The molecule has 0 atom stereocenters. The van der Waals surface area contributed by atoms with E-state index in [1.54, 1.807) is 0 Å². The van der Waals surface area contributed by atoms with Crippen molar-refractivity contribution in [3.63, 3.8) is 0 Å². The number of carboxylic acid groups (broad SMARTS) is 1. The topological polar surface area (TPSA) is 75.6 Å². The van der Waals surface area contributed by atoms with Gasteiger partial charge in [0.05, 0.1) is 18.6 Å². The molecule has 104 valence electrons. The van der Waals surface area contributed by atoms with Crippen LogP contribution in [-0.4, -0.2) is 30.2 Å². The van der Waals surface area contributed by atoms with Gasteiger partial charge >= 0.3 is 5.97 Å². The predicted molar refractivity (Wildman–Crippen MR) is 67.7 cm³/mol. The number of carbonyl (C=O) groups is 2. The van der Waals surface area contributed by atoms with E-state index in [9.17, 15) is 14.0 Å². The van der Waals surface area contributed by atoms with Crippen molar-refractivity contribution < 1.29 is 23.8 Å². The quantitative estimate of drug-likeness (QED) is 0.744. The van der Waals surface area contributed by atoms with Gasteiger partial charge in [-0.2, -0.15) is 0 Å². The number of ether oxygens (including phenoxy) is 1. The molecule has 1 amide bonds. The van der Waals surface area contributed by atoms with Crippen LogP contribution < -0.4 is 5.32 Å². The summed E-state index contributed by atoms with van der Waals surface area (Å²) in [6, 6.07) is 3.44. The first kappa shape index (κ1) is 15.1. The van der Waals surface area contributed by atoms with Crippen LogP contribution in [0.15, 0.2) is 18.2 Å². The third-order valence-corrected chi connectivity index (χ3v) is 2.31. The molecule has 0 aliphatic heterocycles. The zero-order valence-corrected chi connectivity index (χ0v) is 10.6. The Hall–Kier alpha value is -1.95. The lowest BCUT2D eigenvalue weighted by Crippen LogP contribution is -2.14. The average molecular weight is 269 g/mol. The number of benzene rings is 1. The first-order chi connectivity index (χ1) is 9.04. The van der Waals surface area contributed by atoms with Crippen molar-refractivity contribution in [2.45, 2.75) is 19.8 Å². The van der Waals surface area contributed by atoms with Crippen LogP contribution in [0.5, 0.6) is 0 Å². The zero-order valence-electron chi connectivity index (χ0n) is 10.6. The number of nitrogens with one attached hydrogen (secondary N) is 1. The first-order valence-electron chi connectivity index (χ1n) is 5.95. The van der Waals surface area contributed by atoms with Gasteiger partial charge in [0.1, 0.15) is 5.82 Å². The molecular weight excluding hydrogens is 253 g/mol. The van der Waals surface area contributed by atoms with Gasteiger partial charge in [-0.05, 0) is 24.6 Å². The van der Waals surface area contributed by atoms with Gasteiger partial charge in [-0.3, -0.25) is 4.79 Å². The zero-order chi connectivity index (χ0) is 14.3. The van der Waals surface area contributed by atoms with E-state index in [0.29, 0.717) is 13.2 Å². The van der Waals surface area contributed by atoms with Crippen molar-refractivity contribution in [1.29, 1.82) is 0 Å². The predicted octanol–water partition coefficient (Wildman–Crippen LogP) is 2.28. The van der Waals surface area contributed by atoms with Gasteiger partial charge in [-0.15, -0.1) is 0 Å². The number of hydrogen-bond donors (Lipinski definition) is 2. The van der Waals surface area contributed by atoms with E-state index in [2.05, 4.69) is 5.32 Å². The molecule has 19 heavy (non-hydrogen) atoms. The van der Waals surface area contributed by atoms with E-state index in [1.807, 2.05) is 6.92 Å². The third-order valence-electron chi connectivity index (χ3n) is 2.31. The van der Waals surface area contributed by atoms with E-state index in [0.717, 1.165) is 18.6 Å². The van der Waals surface area contributed by atoms with E-state index in [1.165, 1.54) is 6.07 Å². The normalized spacial score (nSPS) is 10.2. The lowest BCUT2D eigenvalue weighted by molar-refractivity contribution is -0.117. The van der Waals surface area contributed by atoms with Crippen molar-refractivity contribution in [2.24, 2.45) is 0 Å². The van der Waals surface area contributed by atoms with Crippen LogP contribution in [0, 0.1) is 5.82 Å². The van der Waals surface area contributed by atoms with Gasteiger partial charge in [-0.25, -0.2) is 9.18 Å². The minimum atomic E-state index is -1.34. The van der Waals surface area contributed by atoms with Crippen LogP contribution in [0.3, 0.4) is 0 Å². The minimum absolute atomic E-state index is 0.169. The lowest BCUT2D eigenvalue weighted by atomic mass is 10.2. The minimum Gasteiger partial charge on any atom is -0.478 e. The van der Waals surface area contributed by atoms with Gasteiger partial charge in [0.2, 0.25) is 5.91 Å². The molecule has 0 saturated carbocycles. The Morgan fingerprint density at radius 1 is 1.37 bits per heavy atom. The Morgan fingerprint density at radius 2 is 2.11 bits per heavy atom. The van der Waals surface area contributed by atoms with E-state index in [-0.39, 0.29) is 18.0 Å². The van der Waals surface area contributed by atoms with Crippen LogP contribution in [0.4, 0.5) is 10.1 Å². The van der Waals surface area contributed by atoms with Crippen LogP contribution in [0.25, 0.3) is 0 Å². The Labute approximate surface area is 110 Å². The summed E-state index contributed by atoms with van der Waals surface area (Å²) in [5.74, 6) is -2.53. The maximum atomic E-state index is 13.3. The Kier molecular flexibility index (Phi) is 5.95. The molecule has 0 aromatic heterocycles. The summed E-state index contributed by atoms with van der Waals surface area (Å²) in [7, 11) is 0. The molecular formula is C13H16FNO4. The molecule has 1 aromatic rings. The molecule has 1 rings (SSSR count). The van der Waals surface area contributed by atoms with Crippen LogP contribution in [0.2, 0.25) is 0 Å². The monoisotopic (exact) mass is 269 g/mol. The van der Waals surface area contributed by atoms with Crippen molar-refractivity contribution in [1.82, 2.24) is 0 Å². The molecule has 6 heteroatoms. The smallest absolute Gasteiger partial charge is 0.338 e. The summed E-state index contributed by atoms with van der Waals surface area (Å²) in [5.41, 5.74) is -0.202. The molecule has 2 N–H and O–H groups in total. The van der Waals surface area contributed by atoms with Gasteiger partial charge in [0.25, 0.3) is 0 Å². The standard InChI is InChI=1S/C13H16FNO4/c1-2-6-19-7-5-12(16)15-9-3-4-10(13(17)18)11(14)8-9/h3-4,8H,2,5-7H2,1H3,(H,15,16)(H,17,18). The summed E-state index contributed by atoms with van der Waals surface area (Å²) >= 11 is 0. The fraction of sp³-hybridized carbons (Fsp3) is 0.385. The summed E-state index contributed by atoms with van der Waals surface area (Å²) in [6.07, 6.45) is 1.05. The second kappa shape index (κ2) is 7.48. The largest absolute Gasteiger partial charge is 0.478 e. The highest BCUT2D eigenvalue weighted by molar-refractivity contribution is 5.92. The number of halogens is 1. The molecule has 0 spiro atoms. The van der Waals surface area contributed by atoms with Gasteiger partial charge in [0, 0.05) is 12.3 Å². The second-order valence-electron chi connectivity index (χ2n) is 3.91. The fourth-order valence-electron chi connectivity index (χ4n) is 1.40. The summed E-state index contributed by atoms with van der Waals surface area (Å²) in [4.78, 5) is 22.1. The summed E-state index contributed by atoms with van der Waals surface area (Å²) < 4.78 is 18.5. The van der Waals surface area contributed by atoms with Crippen LogP contribution >= 0.6 is 0 Å². The highest BCUT2D eigenvalue weighted by atomic mass is 19.1. The van der Waals surface area contributed by atoms with Crippen molar-refractivity contribution >= 4 is 17.6 Å². The van der Waals surface area contributed by atoms with Crippen molar-refractivity contribution in [3.05, 3.63) is 29.6 Å². The molecule has 0 heterocycles. The maximum absolute atomic E-state index is 13.3. The molecule has 5 nitrogen and oxygen atoms in total. The highest BCUT2D eigenvalue weighted by Crippen LogP contribution is 2.14. The van der Waals surface area contributed by atoms with Gasteiger partial charge in [0.15, 0.2) is 0 Å². The second-order valence-corrected chi connectivity index (χ2v) is 3.91. The molecule has 0 aliphatic rings. The summed E-state index contributed by atoms with van der Waals surface area (Å²) in [6.45, 7) is 2.86. The van der Waals surface area contributed by atoms with Crippen molar-refractivity contribution in [2.75, 3.05) is 18.5 Å². The number of hydrogen-bond acceptors (Lipinski definition) is 3. The van der Waals surface area contributed by atoms with E-state index < -0.39 is 17.3 Å². The molecule has 0 radical (unpaired) electrons. The first-order valence-corrected chi connectivity index (χ1v) is 5.95. The number of anilines is 1. The number of aromatic carboxylic acids is 1. The molecule has 0 unspecified atom stereocenters. The third kappa shape index (κ3) is 5.05. The molecule has 0 saturated heterocycles. The van der Waals surface area contributed by atoms with Gasteiger partial charge < -0.3 is 15.2 Å². The Balaban J connectivity index is 2.51. The SMILES string of the molecule is CCCOCCC(=O)Nc1ccc(C(=O)O)c(F)c1. The van der Waals surface area contributed by atoms with Crippen LogP contribution in [-0.2, 0) is 9.53 Å².